The Morgan fingerprint density at radius 1 is 0.940 bits per heavy atom. The lowest BCUT2D eigenvalue weighted by atomic mass is 9.61. The first-order valence-electron chi connectivity index (χ1n) is 19.8. The van der Waals surface area contributed by atoms with E-state index < -0.39 is 0 Å². The first-order valence-corrected chi connectivity index (χ1v) is 19.8. The zero-order valence-corrected chi connectivity index (χ0v) is 32.3. The Balaban J connectivity index is 0.000000350. The molecule has 1 amide bonds. The van der Waals surface area contributed by atoms with Crippen LogP contribution in [0.3, 0.4) is 0 Å². The minimum absolute atomic E-state index is 0.106. The quantitative estimate of drug-likeness (QED) is 0.122. The van der Waals surface area contributed by atoms with Crippen LogP contribution in [0.2, 0.25) is 0 Å². The van der Waals surface area contributed by atoms with Gasteiger partial charge in [0, 0.05) is 23.9 Å². The number of nitrogens with zero attached hydrogens (tertiary/aromatic N) is 1. The number of hydrogen-bond acceptors (Lipinski definition) is 3. The van der Waals surface area contributed by atoms with Crippen LogP contribution in [0.25, 0.3) is 33.2 Å². The van der Waals surface area contributed by atoms with Gasteiger partial charge in [0.1, 0.15) is 6.29 Å². The minimum atomic E-state index is -0.140. The molecule has 1 saturated carbocycles. The normalized spacial score (nSPS) is 20.7. The molecule has 0 spiro atoms. The van der Waals surface area contributed by atoms with Gasteiger partial charge in [0.05, 0.1) is 12.0 Å². The van der Waals surface area contributed by atoms with Crippen LogP contribution in [-0.2, 0) is 9.59 Å². The Labute approximate surface area is 301 Å². The van der Waals surface area contributed by atoms with Gasteiger partial charge in [0.2, 0.25) is 5.91 Å². The predicted octanol–water partition coefficient (Wildman–Crippen LogP) is 11.1. The van der Waals surface area contributed by atoms with Crippen LogP contribution in [0.1, 0.15) is 153 Å². The monoisotopic (exact) mass is 675 g/mol. The summed E-state index contributed by atoms with van der Waals surface area (Å²) in [6.45, 7) is 19.3. The molecule has 1 saturated heterocycles. The third-order valence-corrected chi connectivity index (χ3v) is 12.3. The van der Waals surface area contributed by atoms with Gasteiger partial charge in [-0.1, -0.05) is 110 Å². The maximum absolute atomic E-state index is 14.4. The summed E-state index contributed by atoms with van der Waals surface area (Å²) in [4.78, 5) is 38.9. The zero-order valence-electron chi connectivity index (χ0n) is 32.3. The number of Topliss-reactive ketones (excluding diaryl/α,β-unsaturated/α-hetero) is 1. The molecular weight excluding hydrogens is 615 g/mol. The van der Waals surface area contributed by atoms with Gasteiger partial charge < -0.3 is 9.69 Å². The second-order valence-corrected chi connectivity index (χ2v) is 15.4. The maximum atomic E-state index is 14.4. The van der Waals surface area contributed by atoms with Crippen molar-refractivity contribution in [2.24, 2.45) is 17.8 Å². The Hall–Kier alpha value is -3.53. The van der Waals surface area contributed by atoms with Crippen molar-refractivity contribution in [3.05, 3.63) is 69.5 Å². The summed E-state index contributed by atoms with van der Waals surface area (Å²) in [5.74, 6) is 1.90. The first kappa shape index (κ1) is 37.7. The predicted molar refractivity (Wildman–Crippen MR) is 212 cm³/mol. The van der Waals surface area contributed by atoms with Crippen LogP contribution in [-0.4, -0.2) is 35.0 Å². The van der Waals surface area contributed by atoms with Gasteiger partial charge in [-0.05, 0) is 119 Å². The molecule has 4 aliphatic rings. The Morgan fingerprint density at radius 3 is 2.14 bits per heavy atom. The zero-order chi connectivity index (χ0) is 36.3. The summed E-state index contributed by atoms with van der Waals surface area (Å²) in [6, 6.07) is 9.10. The lowest BCUT2D eigenvalue weighted by molar-refractivity contribution is -0.144. The smallest absolute Gasteiger partial charge is 0.231 e. The Kier molecular flexibility index (Phi) is 12.2. The standard InChI is InChI=1S/C35H37NO2.C6H14.C5H10O/c1-6-22(7-2)36-34(21-9-8-10-21)28-17-19(4)30-26-12-11-18(3)29-23(20(5)37)13-14-24(31(26)29)25-15-16-27(35(36)38)32(28)33(25)30;1-4-6(3)5-2;1-2-3-4-5-6/h11-17,21-22,27,32,34H,6-10H2,1-5H3;6H,4-5H2,1-3H3;5H,2-4H2,1H3. The molecule has 2 fully saturated rings. The topological polar surface area (TPSA) is 54.5 Å². The number of rotatable bonds is 10. The van der Waals surface area contributed by atoms with Crippen molar-refractivity contribution < 1.29 is 14.4 Å². The molecule has 3 unspecified atom stereocenters. The van der Waals surface area contributed by atoms with Gasteiger partial charge in [0.15, 0.2) is 5.78 Å². The largest absolute Gasteiger partial charge is 0.332 e. The van der Waals surface area contributed by atoms with E-state index >= 15 is 0 Å². The van der Waals surface area contributed by atoms with Crippen molar-refractivity contribution in [2.45, 2.75) is 145 Å². The molecular formula is C46H61NO3. The van der Waals surface area contributed by atoms with Crippen molar-refractivity contribution in [1.29, 1.82) is 0 Å². The average Bonchev–Trinajstić information content (AvgIpc) is 3.10. The Bertz CT molecular complexity index is 1850. The van der Waals surface area contributed by atoms with Gasteiger partial charge in [-0.15, -0.1) is 0 Å². The number of carbonyl (C=O) groups excluding carboxylic acids is 3. The minimum Gasteiger partial charge on any atom is -0.332 e. The fourth-order valence-corrected chi connectivity index (χ4v) is 8.91. The Morgan fingerprint density at radius 2 is 1.62 bits per heavy atom. The van der Waals surface area contributed by atoms with Crippen LogP contribution in [0.15, 0.2) is 42.0 Å². The molecule has 1 aliphatic heterocycles. The van der Waals surface area contributed by atoms with E-state index in [1.807, 2.05) is 6.07 Å². The van der Waals surface area contributed by atoms with E-state index in [0.29, 0.717) is 17.9 Å². The molecule has 3 atom stereocenters. The highest BCUT2D eigenvalue weighted by Crippen LogP contribution is 2.53. The van der Waals surface area contributed by atoms with E-state index in [2.05, 4.69) is 96.7 Å². The average molecular weight is 676 g/mol. The molecule has 0 bridgehead atoms. The number of fused-ring (bicyclic) bond motifs is 2. The number of aryl methyl sites for hydroxylation is 1. The van der Waals surface area contributed by atoms with Crippen LogP contribution in [0, 0.1) is 24.7 Å². The molecule has 1 heterocycles. The van der Waals surface area contributed by atoms with E-state index in [-0.39, 0.29) is 23.7 Å². The third-order valence-electron chi connectivity index (χ3n) is 12.3. The summed E-state index contributed by atoms with van der Waals surface area (Å²) < 4.78 is 0. The van der Waals surface area contributed by atoms with E-state index in [4.69, 9.17) is 0 Å². The highest BCUT2D eigenvalue weighted by molar-refractivity contribution is 6.21. The van der Waals surface area contributed by atoms with Crippen molar-refractivity contribution in [3.8, 4) is 0 Å². The van der Waals surface area contributed by atoms with Crippen LogP contribution < -0.4 is 5.22 Å². The number of likely N-dealkylation sites (tertiary alicyclic amines) is 1. The van der Waals surface area contributed by atoms with Gasteiger partial charge >= 0.3 is 0 Å². The van der Waals surface area contributed by atoms with Crippen molar-refractivity contribution in [1.82, 2.24) is 4.90 Å². The number of piperidine rings is 1. The molecule has 268 valence electrons. The number of benzene rings is 3. The molecule has 3 aromatic carbocycles. The van der Waals surface area contributed by atoms with E-state index in [1.54, 1.807) is 6.92 Å². The fraction of sp³-hybridized carbons (Fsp3) is 0.543. The fourth-order valence-electron chi connectivity index (χ4n) is 8.91. The lowest BCUT2D eigenvalue weighted by Gasteiger charge is -2.54. The SMILES string of the molecule is CCC(C)CC.CCC(CC)N1C(=O)C2C=Cc3c4c(c5ccc(C)c6c(C(C)=O)ccc3c65)=C(C)C=C(C42)C1C1CCC1.CCCCC=O. The highest BCUT2D eigenvalue weighted by Gasteiger charge is 2.52. The molecule has 7 rings (SSSR count). The molecule has 0 N–H and O–H groups in total. The van der Waals surface area contributed by atoms with E-state index in [0.717, 1.165) is 60.8 Å². The molecule has 4 heteroatoms. The molecule has 4 nitrogen and oxygen atoms in total. The van der Waals surface area contributed by atoms with Crippen LogP contribution >= 0.6 is 0 Å². The van der Waals surface area contributed by atoms with Crippen molar-refractivity contribution in [2.75, 3.05) is 0 Å². The third kappa shape index (κ3) is 6.64. The van der Waals surface area contributed by atoms with Crippen LogP contribution in [0.5, 0.6) is 0 Å². The van der Waals surface area contributed by atoms with E-state index in [1.165, 1.54) is 75.8 Å². The number of amides is 1. The summed E-state index contributed by atoms with van der Waals surface area (Å²) in [7, 11) is 0. The maximum Gasteiger partial charge on any atom is 0.231 e. The molecule has 50 heavy (non-hydrogen) atoms. The first-order chi connectivity index (χ1) is 24.1. The van der Waals surface area contributed by atoms with Crippen molar-refractivity contribution >= 4 is 51.2 Å². The number of hydrogen-bond donors (Lipinski definition) is 0. The van der Waals surface area contributed by atoms with Gasteiger partial charge in [0.25, 0.3) is 0 Å². The number of ketones is 1. The van der Waals surface area contributed by atoms with Gasteiger partial charge in [-0.2, -0.15) is 0 Å². The second-order valence-electron chi connectivity index (χ2n) is 15.4. The summed E-state index contributed by atoms with van der Waals surface area (Å²) in [5.41, 5.74) is 7.31. The number of aldehydes is 1. The second kappa shape index (κ2) is 16.2. The number of unbranched alkanes of at least 4 members (excludes halogenated alkanes) is 2. The molecule has 3 aliphatic carbocycles. The number of carbonyl (C=O) groups is 3. The van der Waals surface area contributed by atoms with Crippen molar-refractivity contribution in [3.63, 3.8) is 0 Å². The van der Waals surface area contributed by atoms with Crippen LogP contribution in [0.4, 0.5) is 0 Å². The highest BCUT2D eigenvalue weighted by atomic mass is 16.2. The van der Waals surface area contributed by atoms with E-state index in [9.17, 15) is 14.4 Å². The summed E-state index contributed by atoms with van der Waals surface area (Å²) in [6.07, 6.45) is 19.1. The lowest BCUT2D eigenvalue weighted by Crippen LogP contribution is -2.60. The summed E-state index contributed by atoms with van der Waals surface area (Å²) >= 11 is 0. The van der Waals surface area contributed by atoms with Gasteiger partial charge in [-0.3, -0.25) is 9.59 Å². The summed E-state index contributed by atoms with van der Waals surface area (Å²) in [5, 5.41) is 6.00. The molecule has 0 radical (unpaired) electrons. The molecule has 0 aromatic heterocycles. The number of allylic oxidation sites excluding steroid dienone is 1. The van der Waals surface area contributed by atoms with Gasteiger partial charge in [-0.25, -0.2) is 0 Å². The molecule has 3 aromatic rings.